The molecular formula is H5Cl2O3PSi. The van der Waals surface area contributed by atoms with Gasteiger partial charge in [0.15, 0.2) is 0 Å². The number of rotatable bonds is 0. The summed E-state index contributed by atoms with van der Waals surface area (Å²) in [5.74, 6) is 0. The maximum absolute atomic E-state index is 9.09. The van der Waals surface area contributed by atoms with Gasteiger partial charge in [0.05, 0.1) is 0 Å². The van der Waals surface area contributed by atoms with Crippen molar-refractivity contribution in [2.24, 2.45) is 0 Å². The smallest absolute Gasteiger partial charge is 0.313 e. The molecule has 0 radical (unpaired) electrons. The van der Waals surface area contributed by atoms with E-state index in [1.165, 1.54) is 0 Å². The van der Waals surface area contributed by atoms with Gasteiger partial charge in [0, 0.05) is 11.2 Å². The molecule has 7 heteroatoms. The fraction of sp³-hybridized carbons (Fsp3) is 0. The summed E-state index contributed by atoms with van der Waals surface area (Å²) in [6.45, 7) is -4.17. The van der Waals surface area contributed by atoms with Crippen LogP contribution in [0.3, 0.4) is 0 Å². The molecule has 0 aliphatic heterocycles. The Morgan fingerprint density at radius 2 is 1.43 bits per heavy atom. The molecule has 46 valence electrons. The quantitative estimate of drug-likeness (QED) is 0.311. The number of hydrogen-bond donors (Lipinski definition) is 2. The van der Waals surface area contributed by atoms with Gasteiger partial charge in [0.2, 0.25) is 0 Å². The maximum Gasteiger partial charge on any atom is 0.419 e. The Bertz CT molecular complexity index is 59.1. The Labute approximate surface area is 53.7 Å². The van der Waals surface area contributed by atoms with Crippen LogP contribution in [0.25, 0.3) is 0 Å². The van der Waals surface area contributed by atoms with Crippen molar-refractivity contribution < 1.29 is 14.4 Å². The standard InChI is InChI=1S/ClH2O3P.ClH3Si/c1-5(2,3)4;1-2/h(H2,2,3,4);2H3. The largest absolute Gasteiger partial charge is 0.419 e. The zero-order valence-corrected chi connectivity index (χ0v) is 7.91. The molecule has 0 aliphatic rings. The molecule has 0 aliphatic carbocycles. The van der Waals surface area contributed by atoms with Gasteiger partial charge < -0.3 is 9.79 Å². The first-order valence-corrected chi connectivity index (χ1v) is 6.67. The molecule has 0 rings (SSSR count). The van der Waals surface area contributed by atoms with Crippen LogP contribution in [0.1, 0.15) is 0 Å². The molecule has 3 nitrogen and oxygen atoms in total. The molecular weight excluding hydrogens is 178 g/mol. The van der Waals surface area contributed by atoms with Gasteiger partial charge >= 0.3 is 6.95 Å². The molecule has 0 unspecified atom stereocenters. The first-order chi connectivity index (χ1) is 3.00. The Morgan fingerprint density at radius 1 is 1.43 bits per heavy atom. The third kappa shape index (κ3) is 190. The molecule has 0 aromatic rings. The molecule has 0 aromatic heterocycles. The van der Waals surface area contributed by atoms with Crippen LogP contribution in [0.15, 0.2) is 0 Å². The zero-order valence-electron chi connectivity index (χ0n) is 3.51. The molecule has 0 saturated heterocycles. The van der Waals surface area contributed by atoms with Gasteiger partial charge in [-0.05, 0) is 0 Å². The van der Waals surface area contributed by atoms with E-state index in [0.717, 1.165) is 9.55 Å². The van der Waals surface area contributed by atoms with Crippen LogP contribution in [0.5, 0.6) is 0 Å². The predicted octanol–water partition coefficient (Wildman–Crippen LogP) is -0.177. The van der Waals surface area contributed by atoms with E-state index in [1.54, 1.807) is 0 Å². The third-order valence-corrected chi connectivity index (χ3v) is 0. The lowest BCUT2D eigenvalue weighted by Crippen LogP contribution is -1.54. The minimum absolute atomic E-state index is 0.778. The normalized spacial score (nSPS) is 9.71. The summed E-state index contributed by atoms with van der Waals surface area (Å²) < 4.78 is 9.09. The van der Waals surface area contributed by atoms with Crippen molar-refractivity contribution in [2.45, 2.75) is 0 Å². The van der Waals surface area contributed by atoms with Gasteiger partial charge in [-0.25, -0.2) is 4.57 Å². The van der Waals surface area contributed by atoms with Crippen LogP contribution in [0, 0.1) is 0 Å². The van der Waals surface area contributed by atoms with E-state index >= 15 is 0 Å². The highest BCUT2D eigenvalue weighted by atomic mass is 35.7. The van der Waals surface area contributed by atoms with Crippen LogP contribution in [0.4, 0.5) is 0 Å². The molecule has 0 aromatic carbocycles. The lowest BCUT2D eigenvalue weighted by molar-refractivity contribution is 0.395. The summed E-state index contributed by atoms with van der Waals surface area (Å²) >= 11 is 8.97. The summed E-state index contributed by atoms with van der Waals surface area (Å²) in [6, 6.07) is 0. The molecule has 0 heterocycles. The second-order valence-corrected chi connectivity index (χ2v) is 2.74. The van der Waals surface area contributed by atoms with Gasteiger partial charge in [-0.2, -0.15) is 11.1 Å². The molecule has 0 bridgehead atoms. The maximum atomic E-state index is 9.09. The van der Waals surface area contributed by atoms with Crippen molar-refractivity contribution >= 4 is 38.8 Å². The average molecular weight is 183 g/mol. The van der Waals surface area contributed by atoms with Gasteiger partial charge in [0.1, 0.15) is 9.55 Å². The Morgan fingerprint density at radius 3 is 1.43 bits per heavy atom. The first-order valence-electron chi connectivity index (χ1n) is 1.13. The van der Waals surface area contributed by atoms with Gasteiger partial charge in [-0.1, -0.05) is 0 Å². The van der Waals surface area contributed by atoms with Crippen LogP contribution < -0.4 is 0 Å². The van der Waals surface area contributed by atoms with Gasteiger partial charge in [0.25, 0.3) is 0 Å². The van der Waals surface area contributed by atoms with Crippen molar-refractivity contribution in [1.29, 1.82) is 0 Å². The zero-order chi connectivity index (χ0) is 6.50. The van der Waals surface area contributed by atoms with E-state index < -0.39 is 6.95 Å². The minimum atomic E-state index is -4.17. The second-order valence-electron chi connectivity index (χ2n) is 0.473. The summed E-state index contributed by atoms with van der Waals surface area (Å²) in [6.07, 6.45) is 0. The van der Waals surface area contributed by atoms with Crippen molar-refractivity contribution in [2.75, 3.05) is 0 Å². The Kier molecular flexibility index (Phi) is 7.89. The predicted molar refractivity (Wildman–Crippen MR) is 33.7 cm³/mol. The highest BCUT2D eigenvalue weighted by molar-refractivity contribution is 7.79. The SMILES string of the molecule is O=P(O)(O)Cl.[SiH3]Cl. The summed E-state index contributed by atoms with van der Waals surface area (Å²) in [4.78, 5) is 14.8. The highest BCUT2D eigenvalue weighted by Gasteiger charge is 2.01. The monoisotopic (exact) mass is 182 g/mol. The molecule has 0 saturated carbocycles. The molecule has 7 heavy (non-hydrogen) atoms. The lowest BCUT2D eigenvalue weighted by atomic mass is 15.8. The van der Waals surface area contributed by atoms with Gasteiger partial charge in [-0.3, -0.25) is 0 Å². The number of halogens is 2. The fourth-order valence-electron chi connectivity index (χ4n) is 0. The second kappa shape index (κ2) is 5.09. The van der Waals surface area contributed by atoms with Crippen molar-refractivity contribution in [1.82, 2.24) is 0 Å². The van der Waals surface area contributed by atoms with Crippen molar-refractivity contribution in [3.63, 3.8) is 0 Å². The number of hydrogen-bond acceptors (Lipinski definition) is 1. The molecule has 2 N–H and O–H groups in total. The third-order valence-electron chi connectivity index (χ3n) is 0. The van der Waals surface area contributed by atoms with Crippen LogP contribution >= 0.6 is 29.3 Å². The molecule has 0 amide bonds. The van der Waals surface area contributed by atoms with Gasteiger partial charge in [-0.15, -0.1) is 0 Å². The lowest BCUT2D eigenvalue weighted by Gasteiger charge is -1.80. The van der Waals surface area contributed by atoms with E-state index in [0.29, 0.717) is 0 Å². The highest BCUT2D eigenvalue weighted by Crippen LogP contribution is 2.39. The van der Waals surface area contributed by atoms with Crippen LogP contribution in [-0.4, -0.2) is 19.3 Å². The fourth-order valence-corrected chi connectivity index (χ4v) is 0. The minimum Gasteiger partial charge on any atom is -0.313 e. The van der Waals surface area contributed by atoms with E-state index in [1.807, 2.05) is 0 Å². The van der Waals surface area contributed by atoms with E-state index in [-0.39, 0.29) is 0 Å². The molecule has 0 spiro atoms. The van der Waals surface area contributed by atoms with E-state index in [2.05, 4.69) is 11.2 Å². The Hall–Kier alpha value is 0.947. The summed E-state index contributed by atoms with van der Waals surface area (Å²) in [5.41, 5.74) is 0. The van der Waals surface area contributed by atoms with E-state index in [4.69, 9.17) is 25.4 Å². The molecule has 0 fully saturated rings. The summed E-state index contributed by atoms with van der Waals surface area (Å²) in [7, 11) is 0.778. The van der Waals surface area contributed by atoms with E-state index in [9.17, 15) is 0 Å². The Balaban J connectivity index is 0. The van der Waals surface area contributed by atoms with Crippen molar-refractivity contribution in [3.8, 4) is 0 Å². The summed E-state index contributed by atoms with van der Waals surface area (Å²) in [5, 5.41) is 0. The average Bonchev–Trinajstić information content (AvgIpc) is 1.36. The van der Waals surface area contributed by atoms with Crippen LogP contribution in [0.2, 0.25) is 0 Å². The molecule has 0 atom stereocenters. The topological polar surface area (TPSA) is 57.5 Å². The first kappa shape index (κ1) is 10.8. The van der Waals surface area contributed by atoms with Crippen LogP contribution in [-0.2, 0) is 4.57 Å². The van der Waals surface area contributed by atoms with Crippen molar-refractivity contribution in [3.05, 3.63) is 0 Å².